The van der Waals surface area contributed by atoms with Crippen molar-refractivity contribution in [1.29, 1.82) is 5.26 Å². The van der Waals surface area contributed by atoms with Crippen molar-refractivity contribution in [3.05, 3.63) is 0 Å². The molecule has 1 fully saturated rings. The molecule has 1 saturated heterocycles. The largest absolute Gasteiger partial charge is 0.279 e. The van der Waals surface area contributed by atoms with E-state index in [0.29, 0.717) is 0 Å². The molecule has 0 N–H and O–H groups in total. The van der Waals surface area contributed by atoms with Gasteiger partial charge in [0.2, 0.25) is 0 Å². The van der Waals surface area contributed by atoms with Crippen LogP contribution in [0, 0.1) is 11.3 Å². The lowest BCUT2D eigenvalue weighted by molar-refractivity contribution is 0.0817. The number of hydrogen-bond acceptors (Lipinski definition) is 3. The Labute approximate surface area is 61.8 Å². The Morgan fingerprint density at radius 1 is 1.30 bits per heavy atom. The van der Waals surface area contributed by atoms with Gasteiger partial charge in [-0.2, -0.15) is 5.26 Å². The summed E-state index contributed by atoms with van der Waals surface area (Å²) in [5.41, 5.74) is 0. The van der Waals surface area contributed by atoms with Crippen LogP contribution >= 0.6 is 0 Å². The molecule has 1 aliphatic heterocycles. The Morgan fingerprint density at radius 3 is 2.10 bits per heavy atom. The third-order valence-electron chi connectivity index (χ3n) is 1.97. The molecule has 56 valence electrons. The summed E-state index contributed by atoms with van der Waals surface area (Å²) < 4.78 is 0. The predicted octanol–water partition coefficient (Wildman–Crippen LogP) is 0.103. The summed E-state index contributed by atoms with van der Waals surface area (Å²) >= 11 is 0. The highest BCUT2D eigenvalue weighted by Crippen LogP contribution is 2.08. The average Bonchev–Trinajstić information content (AvgIpc) is 1.88. The second-order valence-electron chi connectivity index (χ2n) is 2.82. The third-order valence-corrected chi connectivity index (χ3v) is 1.97. The van der Waals surface area contributed by atoms with Crippen molar-refractivity contribution in [2.24, 2.45) is 0 Å². The fraction of sp³-hybridized carbons (Fsp3) is 0.857. The van der Waals surface area contributed by atoms with Gasteiger partial charge in [-0.3, -0.25) is 9.80 Å². The van der Waals surface area contributed by atoms with Crippen molar-refractivity contribution in [3.63, 3.8) is 0 Å². The molecular formula is C7H13N3. The van der Waals surface area contributed by atoms with E-state index in [9.17, 15) is 0 Å². The van der Waals surface area contributed by atoms with E-state index < -0.39 is 0 Å². The molecule has 0 aromatic carbocycles. The first kappa shape index (κ1) is 7.52. The maximum Gasteiger partial charge on any atom is 0.152 e. The number of hydrogen-bond donors (Lipinski definition) is 0. The number of rotatable bonds is 0. The maximum absolute atomic E-state index is 8.70. The molecule has 0 atom stereocenters. The monoisotopic (exact) mass is 139 g/mol. The molecule has 0 radical (unpaired) electrons. The molecule has 1 rings (SSSR count). The average molecular weight is 139 g/mol. The van der Waals surface area contributed by atoms with Gasteiger partial charge in [0.15, 0.2) is 6.17 Å². The summed E-state index contributed by atoms with van der Waals surface area (Å²) in [6.45, 7) is 2.09. The Balaban J connectivity index is 2.56. The van der Waals surface area contributed by atoms with Crippen LogP contribution in [0.1, 0.15) is 6.42 Å². The van der Waals surface area contributed by atoms with Crippen molar-refractivity contribution in [1.82, 2.24) is 9.80 Å². The molecule has 0 aromatic heterocycles. The van der Waals surface area contributed by atoms with E-state index in [1.165, 1.54) is 6.42 Å². The van der Waals surface area contributed by atoms with E-state index in [0.717, 1.165) is 13.1 Å². The SMILES string of the molecule is CN1CCCN(C)C1C#N. The zero-order valence-electron chi connectivity index (χ0n) is 6.54. The predicted molar refractivity (Wildman–Crippen MR) is 39.3 cm³/mol. The zero-order chi connectivity index (χ0) is 7.56. The van der Waals surface area contributed by atoms with Gasteiger partial charge < -0.3 is 0 Å². The molecule has 0 saturated carbocycles. The quantitative estimate of drug-likeness (QED) is 0.477. The molecule has 1 aliphatic rings. The second-order valence-corrected chi connectivity index (χ2v) is 2.82. The minimum absolute atomic E-state index is 0.00579. The van der Waals surface area contributed by atoms with Crippen LogP contribution in [0.4, 0.5) is 0 Å². The van der Waals surface area contributed by atoms with Gasteiger partial charge in [-0.15, -0.1) is 0 Å². The first-order valence-electron chi connectivity index (χ1n) is 3.56. The molecule has 0 amide bonds. The maximum atomic E-state index is 8.70. The van der Waals surface area contributed by atoms with E-state index in [1.807, 2.05) is 14.1 Å². The molecule has 0 aromatic rings. The van der Waals surface area contributed by atoms with Gasteiger partial charge in [-0.25, -0.2) is 0 Å². The lowest BCUT2D eigenvalue weighted by Crippen LogP contribution is -2.49. The Hall–Kier alpha value is -0.590. The normalized spacial score (nSPS) is 24.5. The summed E-state index contributed by atoms with van der Waals surface area (Å²) in [7, 11) is 3.98. The Kier molecular flexibility index (Phi) is 2.25. The standard InChI is InChI=1S/C7H13N3/c1-9-4-3-5-10(2)7(9)6-8/h7H,3-5H2,1-2H3. The van der Waals surface area contributed by atoms with Crippen LogP contribution in [0.3, 0.4) is 0 Å². The summed E-state index contributed by atoms with van der Waals surface area (Å²) in [4.78, 5) is 4.15. The van der Waals surface area contributed by atoms with E-state index >= 15 is 0 Å². The van der Waals surface area contributed by atoms with Gasteiger partial charge in [0.1, 0.15) is 0 Å². The van der Waals surface area contributed by atoms with Crippen molar-refractivity contribution in [2.45, 2.75) is 12.6 Å². The van der Waals surface area contributed by atoms with Crippen molar-refractivity contribution in [3.8, 4) is 6.07 Å². The fourth-order valence-corrected chi connectivity index (χ4v) is 1.35. The van der Waals surface area contributed by atoms with Crippen LogP contribution in [0.2, 0.25) is 0 Å². The highest BCUT2D eigenvalue weighted by Gasteiger charge is 2.22. The summed E-state index contributed by atoms with van der Waals surface area (Å²) in [5.74, 6) is 0. The second kappa shape index (κ2) is 3.00. The van der Waals surface area contributed by atoms with Crippen LogP contribution < -0.4 is 0 Å². The van der Waals surface area contributed by atoms with E-state index in [4.69, 9.17) is 5.26 Å². The van der Waals surface area contributed by atoms with Gasteiger partial charge in [0, 0.05) is 13.1 Å². The topological polar surface area (TPSA) is 30.3 Å². The van der Waals surface area contributed by atoms with Gasteiger partial charge in [0.05, 0.1) is 6.07 Å². The zero-order valence-corrected chi connectivity index (χ0v) is 6.54. The minimum Gasteiger partial charge on any atom is -0.279 e. The van der Waals surface area contributed by atoms with Gasteiger partial charge in [-0.1, -0.05) is 0 Å². The van der Waals surface area contributed by atoms with Crippen molar-refractivity contribution in [2.75, 3.05) is 27.2 Å². The molecule has 0 aliphatic carbocycles. The molecule has 0 unspecified atom stereocenters. The fourth-order valence-electron chi connectivity index (χ4n) is 1.35. The molecule has 1 heterocycles. The first-order chi connectivity index (χ1) is 4.75. The Bertz CT molecular complexity index is 139. The highest BCUT2D eigenvalue weighted by molar-refractivity contribution is 4.91. The van der Waals surface area contributed by atoms with Crippen LogP contribution in [-0.2, 0) is 0 Å². The molecular weight excluding hydrogens is 126 g/mol. The lowest BCUT2D eigenvalue weighted by atomic mass is 10.2. The van der Waals surface area contributed by atoms with Gasteiger partial charge >= 0.3 is 0 Å². The Morgan fingerprint density at radius 2 is 1.80 bits per heavy atom. The lowest BCUT2D eigenvalue weighted by Gasteiger charge is -2.35. The van der Waals surface area contributed by atoms with Crippen molar-refractivity contribution < 1.29 is 0 Å². The molecule has 0 spiro atoms. The smallest absolute Gasteiger partial charge is 0.152 e. The van der Waals surface area contributed by atoms with E-state index in [-0.39, 0.29) is 6.17 Å². The van der Waals surface area contributed by atoms with Crippen LogP contribution in [0.5, 0.6) is 0 Å². The van der Waals surface area contributed by atoms with E-state index in [1.54, 1.807) is 0 Å². The first-order valence-corrected chi connectivity index (χ1v) is 3.56. The molecule has 0 bridgehead atoms. The molecule has 10 heavy (non-hydrogen) atoms. The van der Waals surface area contributed by atoms with Gasteiger partial charge in [0.25, 0.3) is 0 Å². The van der Waals surface area contributed by atoms with Crippen LogP contribution in [0.25, 0.3) is 0 Å². The van der Waals surface area contributed by atoms with Crippen LogP contribution in [0.15, 0.2) is 0 Å². The molecule has 3 nitrogen and oxygen atoms in total. The molecule has 3 heteroatoms. The van der Waals surface area contributed by atoms with E-state index in [2.05, 4.69) is 15.9 Å². The third kappa shape index (κ3) is 1.28. The van der Waals surface area contributed by atoms with Gasteiger partial charge in [-0.05, 0) is 20.5 Å². The highest BCUT2D eigenvalue weighted by atomic mass is 15.3. The summed E-state index contributed by atoms with van der Waals surface area (Å²) in [6.07, 6.45) is 1.17. The number of nitrogens with zero attached hydrogens (tertiary/aromatic N) is 3. The van der Waals surface area contributed by atoms with Crippen LogP contribution in [-0.4, -0.2) is 43.2 Å². The number of nitriles is 1. The summed E-state index contributed by atoms with van der Waals surface area (Å²) in [5, 5.41) is 8.70. The van der Waals surface area contributed by atoms with Crippen molar-refractivity contribution >= 4 is 0 Å². The summed E-state index contributed by atoms with van der Waals surface area (Å²) in [6, 6.07) is 2.26. The minimum atomic E-state index is -0.00579.